The summed E-state index contributed by atoms with van der Waals surface area (Å²) in [4.78, 5) is 32.3. The van der Waals surface area contributed by atoms with Gasteiger partial charge in [-0.15, -0.1) is 0 Å². The predicted molar refractivity (Wildman–Crippen MR) is 48.1 cm³/mol. The molecule has 1 aliphatic heterocycles. The summed E-state index contributed by atoms with van der Waals surface area (Å²) in [6.45, 7) is 1.62. The second-order valence-electron chi connectivity index (χ2n) is 3.17. The Labute approximate surface area is 85.8 Å². The van der Waals surface area contributed by atoms with Crippen molar-refractivity contribution >= 4 is 18.0 Å². The topological polar surface area (TPSA) is 105 Å². The minimum absolute atomic E-state index is 0.0350. The molecule has 1 rings (SSSR count). The molecule has 1 heterocycles. The highest BCUT2D eigenvalue weighted by Gasteiger charge is 2.35. The summed E-state index contributed by atoms with van der Waals surface area (Å²) in [5.41, 5.74) is 0. The second-order valence-corrected chi connectivity index (χ2v) is 3.17. The summed E-state index contributed by atoms with van der Waals surface area (Å²) in [6, 6.07) is -0.744. The molecule has 0 aromatic carbocycles. The number of aliphatic carboxylic acids is 1. The molecule has 1 fully saturated rings. The number of carbonyl (C=O) groups is 3. The first-order valence-electron chi connectivity index (χ1n) is 4.47. The number of hydrogen-bond donors (Lipinski definition) is 3. The van der Waals surface area contributed by atoms with Crippen LogP contribution in [0.4, 0.5) is 4.79 Å². The van der Waals surface area contributed by atoms with Crippen molar-refractivity contribution in [2.75, 3.05) is 6.54 Å². The average molecular weight is 216 g/mol. The summed E-state index contributed by atoms with van der Waals surface area (Å²) in [7, 11) is 0. The third-order valence-electron chi connectivity index (χ3n) is 1.96. The fourth-order valence-corrected chi connectivity index (χ4v) is 1.20. The number of amides is 2. The van der Waals surface area contributed by atoms with Gasteiger partial charge in [-0.1, -0.05) is 0 Å². The van der Waals surface area contributed by atoms with E-state index in [2.05, 4.69) is 10.6 Å². The third kappa shape index (κ3) is 3.12. The molecule has 3 N–H and O–H groups in total. The Hall–Kier alpha value is -1.79. The van der Waals surface area contributed by atoms with E-state index in [-0.39, 0.29) is 13.0 Å². The van der Waals surface area contributed by atoms with E-state index >= 15 is 0 Å². The van der Waals surface area contributed by atoms with Gasteiger partial charge in [0.25, 0.3) is 0 Å². The van der Waals surface area contributed by atoms with Crippen LogP contribution in [0, 0.1) is 0 Å². The molecule has 2 atom stereocenters. The number of cyclic esters (lactones) is 1. The Morgan fingerprint density at radius 3 is 2.73 bits per heavy atom. The molecule has 15 heavy (non-hydrogen) atoms. The SMILES string of the molecule is CC1OC(=O)NC1C(=O)NCCC(=O)O. The fraction of sp³-hybridized carbons (Fsp3) is 0.625. The molecule has 1 aliphatic rings. The van der Waals surface area contributed by atoms with Crippen LogP contribution in [0.3, 0.4) is 0 Å². The van der Waals surface area contributed by atoms with Crippen LogP contribution < -0.4 is 10.6 Å². The number of alkyl carbamates (subject to hydrolysis) is 1. The Morgan fingerprint density at radius 1 is 1.60 bits per heavy atom. The zero-order valence-corrected chi connectivity index (χ0v) is 8.15. The Kier molecular flexibility index (Phi) is 3.48. The van der Waals surface area contributed by atoms with Crippen LogP contribution in [0.5, 0.6) is 0 Å². The maximum atomic E-state index is 11.4. The van der Waals surface area contributed by atoms with Crippen molar-refractivity contribution in [2.24, 2.45) is 0 Å². The number of ether oxygens (including phenoxy) is 1. The fourth-order valence-electron chi connectivity index (χ4n) is 1.20. The molecule has 0 aliphatic carbocycles. The maximum Gasteiger partial charge on any atom is 0.408 e. The lowest BCUT2D eigenvalue weighted by atomic mass is 10.2. The van der Waals surface area contributed by atoms with Crippen LogP contribution in [0.1, 0.15) is 13.3 Å². The zero-order chi connectivity index (χ0) is 11.4. The summed E-state index contributed by atoms with van der Waals surface area (Å²) in [5, 5.41) is 13.1. The first-order chi connectivity index (χ1) is 7.00. The van der Waals surface area contributed by atoms with E-state index < -0.39 is 30.1 Å². The molecule has 2 amide bonds. The van der Waals surface area contributed by atoms with Crippen molar-refractivity contribution in [1.29, 1.82) is 0 Å². The molecule has 0 aromatic heterocycles. The third-order valence-corrected chi connectivity index (χ3v) is 1.96. The standard InChI is InChI=1S/C8H12N2O5/c1-4-6(10-8(14)15-4)7(13)9-3-2-5(11)12/h4,6H,2-3H2,1H3,(H,9,13)(H,10,14)(H,11,12). The first kappa shape index (κ1) is 11.3. The van der Waals surface area contributed by atoms with Crippen LogP contribution in [-0.2, 0) is 14.3 Å². The number of carboxylic acid groups (broad SMARTS) is 1. The summed E-state index contributed by atoms with van der Waals surface area (Å²) in [5.74, 6) is -1.43. The van der Waals surface area contributed by atoms with Gasteiger partial charge in [0.2, 0.25) is 5.91 Å². The van der Waals surface area contributed by atoms with Crippen LogP contribution in [-0.4, -0.2) is 41.8 Å². The lowest BCUT2D eigenvalue weighted by Crippen LogP contribution is -2.46. The maximum absolute atomic E-state index is 11.4. The Morgan fingerprint density at radius 2 is 2.27 bits per heavy atom. The van der Waals surface area contributed by atoms with Gasteiger partial charge in [0.1, 0.15) is 12.1 Å². The number of carbonyl (C=O) groups excluding carboxylic acids is 2. The molecule has 0 spiro atoms. The van der Waals surface area contributed by atoms with Crippen LogP contribution in [0.25, 0.3) is 0 Å². The zero-order valence-electron chi connectivity index (χ0n) is 8.15. The minimum atomic E-state index is -0.991. The van der Waals surface area contributed by atoms with Gasteiger partial charge in [0.15, 0.2) is 0 Å². The molecule has 2 unspecified atom stereocenters. The van der Waals surface area contributed by atoms with Crippen molar-refractivity contribution in [1.82, 2.24) is 10.6 Å². The molecule has 84 valence electrons. The minimum Gasteiger partial charge on any atom is -0.481 e. The molecule has 7 nitrogen and oxygen atoms in total. The molecule has 0 saturated carbocycles. The predicted octanol–water partition coefficient (Wildman–Crippen LogP) is -0.926. The molecule has 0 bridgehead atoms. The number of rotatable bonds is 4. The molecule has 7 heteroatoms. The lowest BCUT2D eigenvalue weighted by Gasteiger charge is -2.11. The van der Waals surface area contributed by atoms with Crippen molar-refractivity contribution in [2.45, 2.75) is 25.5 Å². The summed E-state index contributed by atoms with van der Waals surface area (Å²) in [6.07, 6.45) is -1.33. The van der Waals surface area contributed by atoms with E-state index in [1.807, 2.05) is 0 Å². The van der Waals surface area contributed by atoms with Gasteiger partial charge in [-0.2, -0.15) is 0 Å². The van der Waals surface area contributed by atoms with Crippen molar-refractivity contribution in [3.05, 3.63) is 0 Å². The monoisotopic (exact) mass is 216 g/mol. The van der Waals surface area contributed by atoms with E-state index in [0.717, 1.165) is 0 Å². The second kappa shape index (κ2) is 4.63. The van der Waals surface area contributed by atoms with Gasteiger partial charge in [-0.25, -0.2) is 4.79 Å². The highest BCUT2D eigenvalue weighted by atomic mass is 16.6. The Bertz CT molecular complexity index is 291. The summed E-state index contributed by atoms with van der Waals surface area (Å²) >= 11 is 0. The largest absolute Gasteiger partial charge is 0.481 e. The van der Waals surface area contributed by atoms with Crippen LogP contribution in [0.2, 0.25) is 0 Å². The first-order valence-corrected chi connectivity index (χ1v) is 4.47. The van der Waals surface area contributed by atoms with Crippen LogP contribution >= 0.6 is 0 Å². The van der Waals surface area contributed by atoms with Gasteiger partial charge in [0, 0.05) is 6.54 Å². The van der Waals surface area contributed by atoms with E-state index in [1.165, 1.54) is 0 Å². The molecule has 1 saturated heterocycles. The van der Waals surface area contributed by atoms with Gasteiger partial charge in [-0.05, 0) is 6.92 Å². The van der Waals surface area contributed by atoms with Crippen LogP contribution in [0.15, 0.2) is 0 Å². The number of hydrogen-bond acceptors (Lipinski definition) is 4. The van der Waals surface area contributed by atoms with E-state index in [0.29, 0.717) is 0 Å². The van der Waals surface area contributed by atoms with Crippen molar-refractivity contribution < 1.29 is 24.2 Å². The van der Waals surface area contributed by atoms with Gasteiger partial charge in [-0.3, -0.25) is 9.59 Å². The van der Waals surface area contributed by atoms with Gasteiger partial charge < -0.3 is 20.5 Å². The highest BCUT2D eigenvalue weighted by molar-refractivity contribution is 5.88. The molecular formula is C8H12N2O5. The molecular weight excluding hydrogens is 204 g/mol. The smallest absolute Gasteiger partial charge is 0.408 e. The Balaban J connectivity index is 2.34. The van der Waals surface area contributed by atoms with E-state index in [9.17, 15) is 14.4 Å². The van der Waals surface area contributed by atoms with Crippen molar-refractivity contribution in [3.63, 3.8) is 0 Å². The lowest BCUT2D eigenvalue weighted by molar-refractivity contribution is -0.137. The number of carboxylic acids is 1. The average Bonchev–Trinajstić information content (AvgIpc) is 2.44. The summed E-state index contributed by atoms with van der Waals surface area (Å²) < 4.78 is 4.70. The van der Waals surface area contributed by atoms with E-state index in [4.69, 9.17) is 9.84 Å². The molecule has 0 aromatic rings. The van der Waals surface area contributed by atoms with E-state index in [1.54, 1.807) is 6.92 Å². The highest BCUT2D eigenvalue weighted by Crippen LogP contribution is 2.07. The quantitative estimate of drug-likeness (QED) is 0.563. The van der Waals surface area contributed by atoms with Gasteiger partial charge in [0.05, 0.1) is 6.42 Å². The molecule has 0 radical (unpaired) electrons. The number of nitrogens with one attached hydrogen (secondary N) is 2. The normalized spacial score (nSPS) is 24.2. The van der Waals surface area contributed by atoms with Crippen molar-refractivity contribution in [3.8, 4) is 0 Å². The van der Waals surface area contributed by atoms with Gasteiger partial charge >= 0.3 is 12.1 Å².